The van der Waals surface area contributed by atoms with Gasteiger partial charge >= 0.3 is 12.0 Å². The van der Waals surface area contributed by atoms with E-state index >= 15 is 0 Å². The maximum atomic E-state index is 11.8. The SMILES string of the molecule is Cc1cnc(NC(=O)Nc2cccc(/C=C/C(=O)O)c2)s1. The van der Waals surface area contributed by atoms with E-state index in [2.05, 4.69) is 15.6 Å². The van der Waals surface area contributed by atoms with Crippen molar-refractivity contribution in [2.75, 3.05) is 10.6 Å². The van der Waals surface area contributed by atoms with Gasteiger partial charge in [-0.2, -0.15) is 0 Å². The Kier molecular flexibility index (Phi) is 4.68. The lowest BCUT2D eigenvalue weighted by Gasteiger charge is -2.06. The monoisotopic (exact) mass is 303 g/mol. The first-order valence-corrected chi connectivity index (χ1v) is 6.86. The lowest BCUT2D eigenvalue weighted by atomic mass is 10.2. The smallest absolute Gasteiger partial charge is 0.328 e. The summed E-state index contributed by atoms with van der Waals surface area (Å²) < 4.78 is 0. The van der Waals surface area contributed by atoms with Gasteiger partial charge < -0.3 is 10.4 Å². The van der Waals surface area contributed by atoms with E-state index in [4.69, 9.17) is 5.11 Å². The number of nitrogens with zero attached hydrogens (tertiary/aromatic N) is 1. The first-order chi connectivity index (χ1) is 10.0. The van der Waals surface area contributed by atoms with Crippen molar-refractivity contribution in [2.45, 2.75) is 6.92 Å². The molecule has 21 heavy (non-hydrogen) atoms. The van der Waals surface area contributed by atoms with Gasteiger partial charge in [0.15, 0.2) is 5.13 Å². The quantitative estimate of drug-likeness (QED) is 0.756. The third-order valence-electron chi connectivity index (χ3n) is 2.40. The van der Waals surface area contributed by atoms with Crippen molar-refractivity contribution in [1.82, 2.24) is 4.98 Å². The summed E-state index contributed by atoms with van der Waals surface area (Å²) in [6, 6.07) is 6.46. The lowest BCUT2D eigenvalue weighted by Crippen LogP contribution is -2.19. The third kappa shape index (κ3) is 4.73. The number of hydrogen-bond donors (Lipinski definition) is 3. The molecule has 1 aromatic carbocycles. The van der Waals surface area contributed by atoms with Crippen LogP contribution >= 0.6 is 11.3 Å². The van der Waals surface area contributed by atoms with Crippen molar-refractivity contribution < 1.29 is 14.7 Å². The topological polar surface area (TPSA) is 91.3 Å². The molecule has 7 heteroatoms. The summed E-state index contributed by atoms with van der Waals surface area (Å²) >= 11 is 1.38. The molecule has 0 spiro atoms. The highest BCUT2D eigenvalue weighted by atomic mass is 32.1. The van der Waals surface area contributed by atoms with Crippen molar-refractivity contribution in [3.63, 3.8) is 0 Å². The summed E-state index contributed by atoms with van der Waals surface area (Å²) in [6.45, 7) is 1.90. The number of aryl methyl sites for hydroxylation is 1. The summed E-state index contributed by atoms with van der Waals surface area (Å²) in [4.78, 5) is 27.3. The summed E-state index contributed by atoms with van der Waals surface area (Å²) in [6.07, 6.45) is 4.17. The second-order valence-corrected chi connectivity index (χ2v) is 5.39. The van der Waals surface area contributed by atoms with Crippen LogP contribution in [0.15, 0.2) is 36.5 Å². The van der Waals surface area contributed by atoms with E-state index in [0.29, 0.717) is 16.4 Å². The molecule has 2 aromatic rings. The standard InChI is InChI=1S/C14H13N3O3S/c1-9-8-15-14(21-9)17-13(20)16-11-4-2-3-10(7-11)5-6-12(18)19/h2-8H,1H3,(H,18,19)(H2,15,16,17,20)/b6-5+. The summed E-state index contributed by atoms with van der Waals surface area (Å²) in [7, 11) is 0. The summed E-state index contributed by atoms with van der Waals surface area (Å²) in [5.74, 6) is -1.02. The highest BCUT2D eigenvalue weighted by Crippen LogP contribution is 2.17. The molecule has 108 valence electrons. The number of carbonyl (C=O) groups excluding carboxylic acids is 1. The van der Waals surface area contributed by atoms with Crippen LogP contribution in [-0.2, 0) is 4.79 Å². The molecule has 1 heterocycles. The lowest BCUT2D eigenvalue weighted by molar-refractivity contribution is -0.131. The van der Waals surface area contributed by atoms with E-state index in [1.165, 1.54) is 17.4 Å². The van der Waals surface area contributed by atoms with Gasteiger partial charge in [0.1, 0.15) is 0 Å². The Balaban J connectivity index is 2.00. The van der Waals surface area contributed by atoms with Crippen LogP contribution in [0.1, 0.15) is 10.4 Å². The van der Waals surface area contributed by atoms with Crippen molar-refractivity contribution in [3.05, 3.63) is 47.0 Å². The number of carboxylic acid groups (broad SMARTS) is 1. The van der Waals surface area contributed by atoms with Crippen LogP contribution in [0, 0.1) is 6.92 Å². The molecule has 0 atom stereocenters. The molecular formula is C14H13N3O3S. The molecule has 0 unspecified atom stereocenters. The van der Waals surface area contributed by atoms with Gasteiger partial charge in [-0.3, -0.25) is 5.32 Å². The van der Waals surface area contributed by atoms with Crippen molar-refractivity contribution >= 4 is 40.2 Å². The van der Waals surface area contributed by atoms with Crippen LogP contribution in [0.3, 0.4) is 0 Å². The number of anilines is 2. The highest BCUT2D eigenvalue weighted by molar-refractivity contribution is 7.15. The van der Waals surface area contributed by atoms with Crippen molar-refractivity contribution in [3.8, 4) is 0 Å². The second-order valence-electron chi connectivity index (χ2n) is 4.15. The molecule has 0 radical (unpaired) electrons. The molecule has 2 rings (SSSR count). The third-order valence-corrected chi connectivity index (χ3v) is 3.23. The minimum Gasteiger partial charge on any atom is -0.478 e. The van der Waals surface area contributed by atoms with Crippen molar-refractivity contribution in [1.29, 1.82) is 0 Å². The molecule has 0 aliphatic rings. The van der Waals surface area contributed by atoms with Gasteiger partial charge in [-0.15, -0.1) is 11.3 Å². The number of carbonyl (C=O) groups is 2. The Labute approximate surface area is 125 Å². The molecule has 0 saturated heterocycles. The number of aliphatic carboxylic acids is 1. The predicted octanol–water partition coefficient (Wildman–Crippen LogP) is 3.19. The number of nitrogens with one attached hydrogen (secondary N) is 2. The molecule has 3 N–H and O–H groups in total. The fraction of sp³-hybridized carbons (Fsp3) is 0.0714. The van der Waals surface area contributed by atoms with Crippen LogP contribution in [0.4, 0.5) is 15.6 Å². The Morgan fingerprint density at radius 3 is 2.81 bits per heavy atom. The minimum atomic E-state index is -1.02. The maximum absolute atomic E-state index is 11.8. The minimum absolute atomic E-state index is 0.399. The fourth-order valence-corrected chi connectivity index (χ4v) is 2.22. The van der Waals surface area contributed by atoms with E-state index in [-0.39, 0.29) is 0 Å². The molecule has 6 nitrogen and oxygen atoms in total. The first-order valence-electron chi connectivity index (χ1n) is 6.04. The number of rotatable bonds is 4. The second kappa shape index (κ2) is 6.67. The Morgan fingerprint density at radius 1 is 1.33 bits per heavy atom. The van der Waals surface area contributed by atoms with Crippen molar-refractivity contribution in [2.24, 2.45) is 0 Å². The van der Waals surface area contributed by atoms with Gasteiger partial charge in [0.25, 0.3) is 0 Å². The van der Waals surface area contributed by atoms with Crippen LogP contribution in [0.25, 0.3) is 6.08 Å². The van der Waals surface area contributed by atoms with Gasteiger partial charge in [0, 0.05) is 22.8 Å². The average molecular weight is 303 g/mol. The van der Waals surface area contributed by atoms with Gasteiger partial charge in [0.2, 0.25) is 0 Å². The fourth-order valence-electron chi connectivity index (χ4n) is 1.56. The van der Waals surface area contributed by atoms with Crippen LogP contribution in [0.5, 0.6) is 0 Å². The Bertz CT molecular complexity index is 694. The van der Waals surface area contributed by atoms with Crippen LogP contribution in [-0.4, -0.2) is 22.1 Å². The van der Waals surface area contributed by atoms with E-state index < -0.39 is 12.0 Å². The number of thiazole rings is 1. The number of carboxylic acids is 1. The first kappa shape index (κ1) is 14.7. The number of amides is 2. The number of benzene rings is 1. The van der Waals surface area contributed by atoms with Crippen LogP contribution < -0.4 is 10.6 Å². The number of urea groups is 1. The van der Waals surface area contributed by atoms with Gasteiger partial charge in [0.05, 0.1) is 0 Å². The zero-order valence-corrected chi connectivity index (χ0v) is 12.0. The molecular weight excluding hydrogens is 290 g/mol. The predicted molar refractivity (Wildman–Crippen MR) is 82.6 cm³/mol. The molecule has 0 bridgehead atoms. The van der Waals surface area contributed by atoms with Gasteiger partial charge in [-0.1, -0.05) is 12.1 Å². The largest absolute Gasteiger partial charge is 0.478 e. The molecule has 0 saturated carbocycles. The normalized spacial score (nSPS) is 10.5. The summed E-state index contributed by atoms with van der Waals surface area (Å²) in [5, 5.41) is 14.4. The molecule has 0 aliphatic carbocycles. The van der Waals surface area contributed by atoms with Gasteiger partial charge in [-0.25, -0.2) is 14.6 Å². The Morgan fingerprint density at radius 2 is 2.14 bits per heavy atom. The molecule has 2 amide bonds. The molecule has 0 fully saturated rings. The average Bonchev–Trinajstić information content (AvgIpc) is 2.82. The van der Waals surface area contributed by atoms with Gasteiger partial charge in [-0.05, 0) is 30.7 Å². The van der Waals surface area contributed by atoms with E-state index in [1.807, 2.05) is 6.92 Å². The number of hydrogen-bond acceptors (Lipinski definition) is 4. The van der Waals surface area contributed by atoms with E-state index in [0.717, 1.165) is 11.0 Å². The van der Waals surface area contributed by atoms with E-state index in [1.54, 1.807) is 30.5 Å². The molecule has 1 aromatic heterocycles. The van der Waals surface area contributed by atoms with E-state index in [9.17, 15) is 9.59 Å². The number of aromatic nitrogens is 1. The Hall–Kier alpha value is -2.67. The summed E-state index contributed by atoms with van der Waals surface area (Å²) in [5.41, 5.74) is 1.24. The highest BCUT2D eigenvalue weighted by Gasteiger charge is 2.05. The maximum Gasteiger partial charge on any atom is 0.328 e. The molecule has 0 aliphatic heterocycles. The zero-order chi connectivity index (χ0) is 15.2. The zero-order valence-electron chi connectivity index (χ0n) is 11.2. The van der Waals surface area contributed by atoms with Crippen LogP contribution in [0.2, 0.25) is 0 Å².